The summed E-state index contributed by atoms with van der Waals surface area (Å²) in [6, 6.07) is 1.54. The zero-order chi connectivity index (χ0) is 14.5. The molecule has 0 aromatic carbocycles. The second-order valence-corrected chi connectivity index (χ2v) is 6.63. The Hall–Kier alpha value is -1.12. The molecule has 0 atom stereocenters. The summed E-state index contributed by atoms with van der Waals surface area (Å²) in [5.74, 6) is -0.552. The molecule has 0 aliphatic heterocycles. The number of carbonyl (C=O) groups excluding carboxylic acids is 1. The predicted octanol–water partition coefficient (Wildman–Crippen LogP) is 1.92. The van der Waals surface area contributed by atoms with Crippen LogP contribution in [0.4, 0.5) is 5.69 Å². The van der Waals surface area contributed by atoms with Gasteiger partial charge in [-0.3, -0.25) is 4.72 Å². The van der Waals surface area contributed by atoms with Crippen molar-refractivity contribution in [2.75, 3.05) is 25.4 Å². The minimum absolute atomic E-state index is 0.245. The van der Waals surface area contributed by atoms with E-state index in [0.717, 1.165) is 24.2 Å². The highest BCUT2D eigenvalue weighted by Gasteiger charge is 2.21. The molecule has 6 nitrogen and oxygen atoms in total. The molecule has 1 aromatic heterocycles. The highest BCUT2D eigenvalue weighted by molar-refractivity contribution is 7.90. The molecule has 19 heavy (non-hydrogen) atoms. The van der Waals surface area contributed by atoms with Crippen molar-refractivity contribution in [3.05, 3.63) is 16.3 Å². The van der Waals surface area contributed by atoms with Crippen LogP contribution in [0.3, 0.4) is 0 Å². The summed E-state index contributed by atoms with van der Waals surface area (Å²) in [4.78, 5) is 11.7. The van der Waals surface area contributed by atoms with E-state index in [1.54, 1.807) is 11.4 Å². The van der Waals surface area contributed by atoms with Gasteiger partial charge in [-0.05, 0) is 17.9 Å². The third kappa shape index (κ3) is 4.19. The van der Waals surface area contributed by atoms with Crippen LogP contribution < -0.4 is 4.72 Å². The molecule has 0 unspecified atom stereocenters. The van der Waals surface area contributed by atoms with Crippen LogP contribution in [-0.4, -0.2) is 39.4 Å². The number of ether oxygens (including phenoxy) is 1. The van der Waals surface area contributed by atoms with Gasteiger partial charge in [-0.2, -0.15) is 12.7 Å². The first kappa shape index (κ1) is 15.9. The summed E-state index contributed by atoms with van der Waals surface area (Å²) in [6.45, 7) is 2.42. The SMILES string of the molecule is CCCCN(C)S(=O)(=O)Nc1ccsc1C(=O)OC. The quantitative estimate of drug-likeness (QED) is 0.781. The molecule has 1 rings (SSSR count). The number of carbonyl (C=O) groups is 1. The number of esters is 1. The fraction of sp³-hybridized carbons (Fsp3) is 0.545. The van der Waals surface area contributed by atoms with Gasteiger partial charge in [0.05, 0.1) is 12.8 Å². The second kappa shape index (κ2) is 6.88. The van der Waals surface area contributed by atoms with Gasteiger partial charge in [-0.25, -0.2) is 4.79 Å². The van der Waals surface area contributed by atoms with Crippen LogP contribution in [-0.2, 0) is 14.9 Å². The first-order valence-corrected chi connectivity index (χ1v) is 8.14. The lowest BCUT2D eigenvalue weighted by Gasteiger charge is -2.17. The Morgan fingerprint density at radius 1 is 1.53 bits per heavy atom. The smallest absolute Gasteiger partial charge is 0.350 e. The number of hydrogen-bond acceptors (Lipinski definition) is 5. The van der Waals surface area contributed by atoms with E-state index in [-0.39, 0.29) is 10.6 Å². The van der Waals surface area contributed by atoms with Crippen molar-refractivity contribution in [2.45, 2.75) is 19.8 Å². The Labute approximate surface area is 117 Å². The molecule has 0 radical (unpaired) electrons. The summed E-state index contributed by atoms with van der Waals surface area (Å²) in [5, 5.41) is 1.64. The zero-order valence-electron chi connectivity index (χ0n) is 11.2. The molecule has 108 valence electrons. The van der Waals surface area contributed by atoms with E-state index < -0.39 is 16.2 Å². The maximum Gasteiger partial charge on any atom is 0.350 e. The molecule has 0 saturated heterocycles. The van der Waals surface area contributed by atoms with E-state index in [1.165, 1.54) is 18.5 Å². The van der Waals surface area contributed by atoms with Crippen molar-refractivity contribution in [3.8, 4) is 0 Å². The van der Waals surface area contributed by atoms with Crippen molar-refractivity contribution in [1.82, 2.24) is 4.31 Å². The van der Waals surface area contributed by atoms with Crippen LogP contribution in [0.1, 0.15) is 29.4 Å². The third-order valence-electron chi connectivity index (χ3n) is 2.51. The number of thiophene rings is 1. The van der Waals surface area contributed by atoms with E-state index in [4.69, 9.17) is 0 Å². The van der Waals surface area contributed by atoms with Gasteiger partial charge in [0.25, 0.3) is 0 Å². The average molecular weight is 306 g/mol. The molecule has 1 N–H and O–H groups in total. The summed E-state index contributed by atoms with van der Waals surface area (Å²) >= 11 is 1.13. The lowest BCUT2D eigenvalue weighted by Crippen LogP contribution is -2.33. The number of hydrogen-bond donors (Lipinski definition) is 1. The number of anilines is 1. The van der Waals surface area contributed by atoms with Gasteiger partial charge in [0.1, 0.15) is 4.88 Å². The zero-order valence-corrected chi connectivity index (χ0v) is 12.8. The van der Waals surface area contributed by atoms with E-state index in [2.05, 4.69) is 9.46 Å². The minimum Gasteiger partial charge on any atom is -0.465 e. The molecule has 1 heterocycles. The first-order chi connectivity index (χ1) is 8.92. The summed E-state index contributed by atoms with van der Waals surface area (Å²) in [6.07, 6.45) is 1.69. The Kier molecular flexibility index (Phi) is 5.77. The number of nitrogens with one attached hydrogen (secondary N) is 1. The van der Waals surface area contributed by atoms with Crippen molar-refractivity contribution in [1.29, 1.82) is 0 Å². The Morgan fingerprint density at radius 3 is 2.79 bits per heavy atom. The number of rotatable bonds is 7. The molecule has 0 amide bonds. The van der Waals surface area contributed by atoms with Gasteiger partial charge in [-0.1, -0.05) is 13.3 Å². The molecule has 0 fully saturated rings. The summed E-state index contributed by atoms with van der Waals surface area (Å²) in [7, 11) is -0.878. The Balaban J connectivity index is 2.84. The van der Waals surface area contributed by atoms with E-state index in [0.29, 0.717) is 6.54 Å². The summed E-state index contributed by atoms with van der Waals surface area (Å²) < 4.78 is 32.3. The van der Waals surface area contributed by atoms with E-state index in [9.17, 15) is 13.2 Å². The molecule has 0 saturated carbocycles. The highest BCUT2D eigenvalue weighted by atomic mass is 32.2. The van der Waals surface area contributed by atoms with Crippen molar-refractivity contribution in [2.24, 2.45) is 0 Å². The molecule has 0 aliphatic carbocycles. The predicted molar refractivity (Wildman–Crippen MR) is 75.7 cm³/mol. The van der Waals surface area contributed by atoms with E-state index in [1.807, 2.05) is 6.92 Å². The highest BCUT2D eigenvalue weighted by Crippen LogP contribution is 2.24. The first-order valence-electron chi connectivity index (χ1n) is 5.82. The molecular weight excluding hydrogens is 288 g/mol. The van der Waals surface area contributed by atoms with Gasteiger partial charge in [0.2, 0.25) is 0 Å². The van der Waals surface area contributed by atoms with Crippen LogP contribution in [0, 0.1) is 0 Å². The minimum atomic E-state index is -3.64. The number of nitrogens with zero attached hydrogens (tertiary/aromatic N) is 1. The molecule has 1 aromatic rings. The van der Waals surface area contributed by atoms with E-state index >= 15 is 0 Å². The number of unbranched alkanes of at least 4 members (excludes halogenated alkanes) is 1. The maximum absolute atomic E-state index is 12.0. The molecule has 0 aliphatic rings. The lowest BCUT2D eigenvalue weighted by molar-refractivity contribution is 0.0607. The van der Waals surface area contributed by atoms with Crippen molar-refractivity contribution < 1.29 is 17.9 Å². The monoisotopic (exact) mass is 306 g/mol. The van der Waals surface area contributed by atoms with Crippen LogP contribution in [0.5, 0.6) is 0 Å². The van der Waals surface area contributed by atoms with Gasteiger partial charge in [0.15, 0.2) is 0 Å². The fourth-order valence-electron chi connectivity index (χ4n) is 1.36. The second-order valence-electron chi connectivity index (χ2n) is 3.94. The average Bonchev–Trinajstić information content (AvgIpc) is 2.82. The normalized spacial score (nSPS) is 11.6. The van der Waals surface area contributed by atoms with Crippen LogP contribution in [0.25, 0.3) is 0 Å². The topological polar surface area (TPSA) is 75.7 Å². The maximum atomic E-state index is 12.0. The van der Waals surface area contributed by atoms with Crippen LogP contribution >= 0.6 is 11.3 Å². The largest absolute Gasteiger partial charge is 0.465 e. The lowest BCUT2D eigenvalue weighted by atomic mass is 10.3. The van der Waals surface area contributed by atoms with Crippen LogP contribution in [0.15, 0.2) is 11.4 Å². The molecule has 8 heteroatoms. The van der Waals surface area contributed by atoms with Crippen LogP contribution in [0.2, 0.25) is 0 Å². The van der Waals surface area contributed by atoms with Gasteiger partial charge in [-0.15, -0.1) is 11.3 Å². The summed E-state index contributed by atoms with van der Waals surface area (Å²) in [5.41, 5.74) is 0.250. The Morgan fingerprint density at radius 2 is 2.21 bits per heavy atom. The van der Waals surface area contributed by atoms with Gasteiger partial charge in [0, 0.05) is 13.6 Å². The molecule has 0 bridgehead atoms. The standard InChI is InChI=1S/C11H18N2O4S2/c1-4-5-7-13(2)19(15,16)12-9-6-8-18-10(9)11(14)17-3/h6,8,12H,4-5,7H2,1-3H3. The molecule has 0 spiro atoms. The number of methoxy groups -OCH3 is 1. The van der Waals surface area contributed by atoms with Gasteiger partial charge >= 0.3 is 16.2 Å². The molecular formula is C11H18N2O4S2. The van der Waals surface area contributed by atoms with Gasteiger partial charge < -0.3 is 4.74 Å². The van der Waals surface area contributed by atoms with Crippen molar-refractivity contribution in [3.63, 3.8) is 0 Å². The third-order valence-corrected chi connectivity index (χ3v) is 4.89. The Bertz CT molecular complexity index is 525. The van der Waals surface area contributed by atoms with Crippen molar-refractivity contribution >= 4 is 33.2 Å². The fourth-order valence-corrected chi connectivity index (χ4v) is 3.16.